The summed E-state index contributed by atoms with van der Waals surface area (Å²) >= 11 is 0. The van der Waals surface area contributed by atoms with Crippen LogP contribution in [0.4, 0.5) is 10.2 Å². The largest absolute Gasteiger partial charge is 0.367 e. The van der Waals surface area contributed by atoms with Gasteiger partial charge in [0.15, 0.2) is 5.65 Å². The van der Waals surface area contributed by atoms with Crippen LogP contribution in [0.25, 0.3) is 11.0 Å². The molecule has 2 heterocycles. The molecule has 0 bridgehead atoms. The number of alkyl halides is 1. The van der Waals surface area contributed by atoms with Gasteiger partial charge in [0, 0.05) is 6.04 Å². The minimum absolute atomic E-state index is 0.159. The molecule has 0 saturated heterocycles. The Balaban J connectivity index is 1.82. The van der Waals surface area contributed by atoms with Crippen LogP contribution in [0, 0.1) is 0 Å². The lowest BCUT2D eigenvalue weighted by atomic mass is 9.94. The van der Waals surface area contributed by atoms with Gasteiger partial charge in [0.1, 0.15) is 18.3 Å². The van der Waals surface area contributed by atoms with Gasteiger partial charge in [-0.2, -0.15) is 5.10 Å². The van der Waals surface area contributed by atoms with E-state index in [4.69, 9.17) is 0 Å². The Morgan fingerprint density at radius 2 is 2.29 bits per heavy atom. The van der Waals surface area contributed by atoms with E-state index in [0.29, 0.717) is 18.5 Å². The second kappa shape index (κ2) is 4.27. The molecule has 90 valence electrons. The Morgan fingerprint density at radius 3 is 3.18 bits per heavy atom. The highest BCUT2D eigenvalue weighted by Crippen LogP contribution is 2.25. The monoisotopic (exact) mass is 235 g/mol. The first-order valence-electron chi connectivity index (χ1n) is 5.87. The molecule has 1 aliphatic rings. The molecule has 2 N–H and O–H groups in total. The summed E-state index contributed by atoms with van der Waals surface area (Å²) in [5.41, 5.74) is 0.704. The fourth-order valence-electron chi connectivity index (χ4n) is 2.33. The number of aromatic nitrogens is 4. The van der Waals surface area contributed by atoms with Gasteiger partial charge in [0.25, 0.3) is 0 Å². The van der Waals surface area contributed by atoms with Crippen molar-refractivity contribution in [2.24, 2.45) is 0 Å². The summed E-state index contributed by atoms with van der Waals surface area (Å²) in [5, 5.41) is 10.9. The van der Waals surface area contributed by atoms with Gasteiger partial charge in [0.2, 0.25) is 0 Å². The normalized spacial score (nSPS) is 25.0. The lowest BCUT2D eigenvalue weighted by Crippen LogP contribution is -2.28. The third-order valence-electron chi connectivity index (χ3n) is 3.20. The van der Waals surface area contributed by atoms with Gasteiger partial charge in [-0.25, -0.2) is 14.4 Å². The molecule has 0 aliphatic heterocycles. The number of rotatable bonds is 2. The predicted octanol–water partition coefficient (Wildman–Crippen LogP) is 2.05. The number of hydrogen-bond acceptors (Lipinski definition) is 4. The van der Waals surface area contributed by atoms with Crippen molar-refractivity contribution < 1.29 is 4.39 Å². The van der Waals surface area contributed by atoms with Crippen LogP contribution < -0.4 is 5.32 Å². The summed E-state index contributed by atoms with van der Waals surface area (Å²) < 4.78 is 13.3. The molecular weight excluding hydrogens is 221 g/mol. The van der Waals surface area contributed by atoms with E-state index in [-0.39, 0.29) is 6.04 Å². The van der Waals surface area contributed by atoms with Gasteiger partial charge in [-0.05, 0) is 25.7 Å². The quantitative estimate of drug-likeness (QED) is 0.836. The minimum atomic E-state index is -0.692. The lowest BCUT2D eigenvalue weighted by Gasteiger charge is -2.25. The highest BCUT2D eigenvalue weighted by atomic mass is 19.1. The molecule has 1 saturated carbocycles. The molecule has 1 aliphatic carbocycles. The average molecular weight is 235 g/mol. The van der Waals surface area contributed by atoms with Crippen LogP contribution in [0.2, 0.25) is 0 Å². The van der Waals surface area contributed by atoms with Crippen LogP contribution in [-0.2, 0) is 0 Å². The van der Waals surface area contributed by atoms with Crippen molar-refractivity contribution in [2.45, 2.75) is 37.9 Å². The number of H-pyrrole nitrogens is 1. The zero-order valence-corrected chi connectivity index (χ0v) is 9.36. The van der Waals surface area contributed by atoms with E-state index in [1.54, 1.807) is 6.20 Å². The van der Waals surface area contributed by atoms with Crippen LogP contribution in [0.15, 0.2) is 12.5 Å². The molecule has 6 heteroatoms. The summed E-state index contributed by atoms with van der Waals surface area (Å²) in [6, 6.07) is 0.159. The number of nitrogens with one attached hydrogen (secondary N) is 2. The van der Waals surface area contributed by atoms with Gasteiger partial charge >= 0.3 is 0 Å². The van der Waals surface area contributed by atoms with Gasteiger partial charge in [0.05, 0.1) is 11.6 Å². The number of halogens is 1. The van der Waals surface area contributed by atoms with Crippen LogP contribution in [0.3, 0.4) is 0 Å². The summed E-state index contributed by atoms with van der Waals surface area (Å²) in [6.07, 6.45) is 5.64. The van der Waals surface area contributed by atoms with Gasteiger partial charge in [-0.3, -0.25) is 5.10 Å². The molecule has 0 amide bonds. The van der Waals surface area contributed by atoms with Crippen molar-refractivity contribution in [3.8, 4) is 0 Å². The molecule has 3 rings (SSSR count). The zero-order chi connectivity index (χ0) is 11.7. The number of fused-ring (bicyclic) bond motifs is 1. The van der Waals surface area contributed by atoms with Crippen LogP contribution in [0.1, 0.15) is 25.7 Å². The van der Waals surface area contributed by atoms with Gasteiger partial charge in [-0.15, -0.1) is 0 Å². The first-order chi connectivity index (χ1) is 8.33. The van der Waals surface area contributed by atoms with E-state index in [1.807, 2.05) is 0 Å². The molecule has 2 aromatic rings. The van der Waals surface area contributed by atoms with Crippen molar-refractivity contribution in [2.75, 3.05) is 5.32 Å². The number of nitrogens with zero attached hydrogens (tertiary/aromatic N) is 3. The Bertz CT molecular complexity index is 511. The molecular formula is C11H14FN5. The Kier molecular flexibility index (Phi) is 2.62. The summed E-state index contributed by atoms with van der Waals surface area (Å²) in [7, 11) is 0. The highest BCUT2D eigenvalue weighted by Gasteiger charge is 2.22. The fraction of sp³-hybridized carbons (Fsp3) is 0.545. The SMILES string of the molecule is FC1CCCC(Nc2ncnc3[nH]ncc23)C1. The molecule has 17 heavy (non-hydrogen) atoms. The molecule has 2 unspecified atom stereocenters. The smallest absolute Gasteiger partial charge is 0.160 e. The summed E-state index contributed by atoms with van der Waals surface area (Å²) in [4.78, 5) is 8.26. The van der Waals surface area contributed by atoms with Crippen LogP contribution in [-0.4, -0.2) is 32.4 Å². The molecule has 0 radical (unpaired) electrons. The van der Waals surface area contributed by atoms with Crippen LogP contribution in [0.5, 0.6) is 0 Å². The third-order valence-corrected chi connectivity index (χ3v) is 3.20. The molecule has 5 nitrogen and oxygen atoms in total. The van der Waals surface area contributed by atoms with E-state index in [0.717, 1.165) is 24.0 Å². The standard InChI is InChI=1S/C11H14FN5/c12-7-2-1-3-8(4-7)16-10-9-5-15-17-11(9)14-6-13-10/h5-8H,1-4H2,(H2,13,14,15,16,17). The van der Waals surface area contributed by atoms with E-state index >= 15 is 0 Å². The molecule has 2 aromatic heterocycles. The van der Waals surface area contributed by atoms with Crippen molar-refractivity contribution >= 4 is 16.9 Å². The van der Waals surface area contributed by atoms with E-state index < -0.39 is 6.17 Å². The summed E-state index contributed by atoms with van der Waals surface area (Å²) in [5.74, 6) is 0.739. The van der Waals surface area contributed by atoms with Crippen molar-refractivity contribution in [3.63, 3.8) is 0 Å². The van der Waals surface area contributed by atoms with Crippen molar-refractivity contribution in [1.82, 2.24) is 20.2 Å². The number of anilines is 1. The Labute approximate surface area is 97.8 Å². The van der Waals surface area contributed by atoms with E-state index in [1.165, 1.54) is 6.33 Å². The second-order valence-corrected chi connectivity index (χ2v) is 4.46. The molecule has 1 fully saturated rings. The Morgan fingerprint density at radius 1 is 1.35 bits per heavy atom. The van der Waals surface area contributed by atoms with Crippen molar-refractivity contribution in [3.05, 3.63) is 12.5 Å². The molecule has 0 aromatic carbocycles. The predicted molar refractivity (Wildman–Crippen MR) is 62.5 cm³/mol. The zero-order valence-electron chi connectivity index (χ0n) is 9.36. The van der Waals surface area contributed by atoms with Gasteiger partial charge in [-0.1, -0.05) is 0 Å². The highest BCUT2D eigenvalue weighted by molar-refractivity contribution is 5.85. The maximum atomic E-state index is 13.3. The third kappa shape index (κ3) is 2.07. The fourth-order valence-corrected chi connectivity index (χ4v) is 2.33. The number of hydrogen-bond donors (Lipinski definition) is 2. The maximum Gasteiger partial charge on any atom is 0.160 e. The minimum Gasteiger partial charge on any atom is -0.367 e. The first-order valence-corrected chi connectivity index (χ1v) is 5.87. The molecule has 2 atom stereocenters. The van der Waals surface area contributed by atoms with E-state index in [2.05, 4.69) is 25.5 Å². The van der Waals surface area contributed by atoms with Crippen LogP contribution >= 0.6 is 0 Å². The van der Waals surface area contributed by atoms with Gasteiger partial charge < -0.3 is 5.32 Å². The molecule has 0 spiro atoms. The Hall–Kier alpha value is -1.72. The second-order valence-electron chi connectivity index (χ2n) is 4.46. The average Bonchev–Trinajstić information content (AvgIpc) is 2.78. The summed E-state index contributed by atoms with van der Waals surface area (Å²) in [6.45, 7) is 0. The van der Waals surface area contributed by atoms with Crippen molar-refractivity contribution in [1.29, 1.82) is 0 Å². The topological polar surface area (TPSA) is 66.5 Å². The lowest BCUT2D eigenvalue weighted by molar-refractivity contribution is 0.239. The maximum absolute atomic E-state index is 13.3. The number of aromatic amines is 1. The van der Waals surface area contributed by atoms with E-state index in [9.17, 15) is 4.39 Å². The first kappa shape index (κ1) is 10.4.